The van der Waals surface area contributed by atoms with Gasteiger partial charge in [-0.1, -0.05) is 30.3 Å². The van der Waals surface area contributed by atoms with Crippen LogP contribution < -0.4 is 10.1 Å². The Morgan fingerprint density at radius 2 is 1.74 bits per heavy atom. The molecule has 3 aromatic rings. The fourth-order valence-corrected chi connectivity index (χ4v) is 4.53. The van der Waals surface area contributed by atoms with Gasteiger partial charge in [-0.25, -0.2) is 4.39 Å². The molecule has 1 N–H and O–H groups in total. The largest absolute Gasteiger partial charge is 0.481 e. The Hall–Kier alpha value is -4.41. The lowest BCUT2D eigenvalue weighted by atomic mass is 9.99. The van der Waals surface area contributed by atoms with Crippen LogP contribution in [0.2, 0.25) is 0 Å². The van der Waals surface area contributed by atoms with Gasteiger partial charge in [0.05, 0.1) is 23.4 Å². The number of amides is 3. The number of nitrogens with one attached hydrogen (secondary N) is 1. The molecule has 2 aliphatic rings. The molecule has 3 amide bonds. The summed E-state index contributed by atoms with van der Waals surface area (Å²) in [5.74, 6) is -2.14. The number of carbonyl (C=O) groups is 3. The SMILES string of the molecule is O=C1Nc2ccc(-c3cccc(C(F)(F)F)c3)cc2C(=O)N2CCN(C(=O)COc3ccccc3F)CC12. The van der Waals surface area contributed by atoms with Crippen molar-refractivity contribution in [3.63, 3.8) is 0 Å². The molecule has 1 fully saturated rings. The van der Waals surface area contributed by atoms with E-state index in [-0.39, 0.29) is 42.2 Å². The number of benzene rings is 3. The minimum atomic E-state index is -4.52. The summed E-state index contributed by atoms with van der Waals surface area (Å²) in [5.41, 5.74) is 0.205. The second kappa shape index (κ2) is 9.81. The van der Waals surface area contributed by atoms with E-state index in [4.69, 9.17) is 4.74 Å². The first-order valence-corrected chi connectivity index (χ1v) is 11.7. The molecule has 2 aliphatic heterocycles. The normalized spacial score (nSPS) is 17.3. The second-order valence-electron chi connectivity index (χ2n) is 8.90. The van der Waals surface area contributed by atoms with Gasteiger partial charge in [0, 0.05) is 13.1 Å². The fraction of sp³-hybridized carbons (Fsp3) is 0.222. The molecule has 11 heteroatoms. The molecule has 38 heavy (non-hydrogen) atoms. The maximum absolute atomic E-state index is 13.8. The van der Waals surface area contributed by atoms with Gasteiger partial charge in [0.1, 0.15) is 6.04 Å². The van der Waals surface area contributed by atoms with E-state index >= 15 is 0 Å². The maximum Gasteiger partial charge on any atom is 0.416 e. The highest BCUT2D eigenvalue weighted by Gasteiger charge is 2.40. The Morgan fingerprint density at radius 3 is 2.50 bits per heavy atom. The Labute approximate surface area is 214 Å². The number of nitrogens with zero attached hydrogens (tertiary/aromatic N) is 2. The summed E-state index contributed by atoms with van der Waals surface area (Å²) >= 11 is 0. The molecule has 0 spiro atoms. The van der Waals surface area contributed by atoms with Crippen LogP contribution in [0, 0.1) is 5.82 Å². The van der Waals surface area contributed by atoms with E-state index in [1.165, 1.54) is 58.3 Å². The lowest BCUT2D eigenvalue weighted by Crippen LogP contribution is -2.60. The number of alkyl halides is 3. The number of piperazine rings is 1. The van der Waals surface area contributed by atoms with Crippen molar-refractivity contribution in [3.8, 4) is 16.9 Å². The molecule has 0 aromatic heterocycles. The van der Waals surface area contributed by atoms with Crippen molar-refractivity contribution in [3.05, 3.63) is 83.7 Å². The summed E-state index contributed by atoms with van der Waals surface area (Å²) in [6.45, 7) is -0.359. The molecule has 5 rings (SSSR count). The predicted molar refractivity (Wildman–Crippen MR) is 129 cm³/mol. The molecule has 0 bridgehead atoms. The van der Waals surface area contributed by atoms with Gasteiger partial charge in [0.25, 0.3) is 11.8 Å². The molecular weight excluding hydrogens is 506 g/mol. The number of rotatable bonds is 4. The number of carbonyl (C=O) groups excluding carboxylic acids is 3. The van der Waals surface area contributed by atoms with Gasteiger partial charge in [-0.2, -0.15) is 13.2 Å². The Kier molecular flexibility index (Phi) is 6.52. The molecular formula is C27H21F4N3O4. The highest BCUT2D eigenvalue weighted by molar-refractivity contribution is 6.10. The molecule has 1 saturated heterocycles. The van der Waals surface area contributed by atoms with E-state index in [0.29, 0.717) is 5.56 Å². The number of anilines is 1. The van der Waals surface area contributed by atoms with Crippen molar-refractivity contribution in [1.82, 2.24) is 9.80 Å². The van der Waals surface area contributed by atoms with Gasteiger partial charge in [-0.05, 0) is 47.5 Å². The quantitative estimate of drug-likeness (QED) is 0.516. The van der Waals surface area contributed by atoms with Gasteiger partial charge < -0.3 is 19.9 Å². The first-order chi connectivity index (χ1) is 18.1. The number of fused-ring (bicyclic) bond motifs is 2. The van der Waals surface area contributed by atoms with E-state index in [1.54, 1.807) is 6.07 Å². The van der Waals surface area contributed by atoms with Crippen LogP contribution in [0.1, 0.15) is 15.9 Å². The molecule has 196 valence electrons. The van der Waals surface area contributed by atoms with Crippen LogP contribution in [-0.4, -0.2) is 59.8 Å². The summed E-state index contributed by atoms with van der Waals surface area (Å²) < 4.78 is 58.6. The van der Waals surface area contributed by atoms with E-state index in [1.807, 2.05) is 0 Å². The van der Waals surface area contributed by atoms with E-state index < -0.39 is 47.9 Å². The third-order valence-electron chi connectivity index (χ3n) is 6.52. The minimum absolute atomic E-state index is 0.0512. The van der Waals surface area contributed by atoms with Gasteiger partial charge in [0.15, 0.2) is 18.2 Å². The summed E-state index contributed by atoms with van der Waals surface area (Å²) in [4.78, 5) is 41.9. The van der Waals surface area contributed by atoms with Crippen LogP contribution in [0.15, 0.2) is 66.7 Å². The molecule has 1 atom stereocenters. The molecule has 0 radical (unpaired) electrons. The lowest BCUT2D eigenvalue weighted by Gasteiger charge is -2.39. The molecule has 2 heterocycles. The summed E-state index contributed by atoms with van der Waals surface area (Å²) in [6.07, 6.45) is -4.52. The fourth-order valence-electron chi connectivity index (χ4n) is 4.53. The van der Waals surface area contributed by atoms with Crippen molar-refractivity contribution >= 4 is 23.4 Å². The van der Waals surface area contributed by atoms with Crippen molar-refractivity contribution in [2.45, 2.75) is 12.2 Å². The van der Waals surface area contributed by atoms with E-state index in [2.05, 4.69) is 5.32 Å². The average Bonchev–Trinajstić information content (AvgIpc) is 3.01. The van der Waals surface area contributed by atoms with Crippen LogP contribution >= 0.6 is 0 Å². The average molecular weight is 527 g/mol. The topological polar surface area (TPSA) is 79.0 Å². The summed E-state index contributed by atoms with van der Waals surface area (Å²) in [7, 11) is 0. The van der Waals surface area contributed by atoms with Gasteiger partial charge in [0.2, 0.25) is 5.91 Å². The van der Waals surface area contributed by atoms with Crippen LogP contribution in [-0.2, 0) is 15.8 Å². The number of para-hydroxylation sites is 1. The Morgan fingerprint density at radius 1 is 0.974 bits per heavy atom. The number of ether oxygens (including phenoxy) is 1. The zero-order valence-electron chi connectivity index (χ0n) is 19.8. The number of halogens is 4. The van der Waals surface area contributed by atoms with Crippen molar-refractivity contribution < 1.29 is 36.7 Å². The molecule has 0 aliphatic carbocycles. The second-order valence-corrected chi connectivity index (χ2v) is 8.90. The first-order valence-electron chi connectivity index (χ1n) is 11.7. The van der Waals surface area contributed by atoms with Gasteiger partial charge in [-0.15, -0.1) is 0 Å². The highest BCUT2D eigenvalue weighted by atomic mass is 19.4. The van der Waals surface area contributed by atoms with Crippen molar-refractivity contribution in [1.29, 1.82) is 0 Å². The molecule has 7 nitrogen and oxygen atoms in total. The van der Waals surface area contributed by atoms with Gasteiger partial charge in [-0.3, -0.25) is 14.4 Å². The lowest BCUT2D eigenvalue weighted by molar-refractivity contribution is -0.138. The standard InChI is InChI=1S/C27H21F4N3O4/c28-20-6-1-2-7-23(20)38-15-24(35)33-10-11-34-22(14-33)25(36)32-21-9-8-17(13-19(21)26(34)37)16-4-3-5-18(12-16)27(29,30)31/h1-9,12-13,22H,10-11,14-15H2,(H,32,36). The minimum Gasteiger partial charge on any atom is -0.481 e. The maximum atomic E-state index is 13.8. The highest BCUT2D eigenvalue weighted by Crippen LogP contribution is 2.34. The smallest absolute Gasteiger partial charge is 0.416 e. The summed E-state index contributed by atoms with van der Waals surface area (Å²) in [6, 6.07) is 13.9. The van der Waals surface area contributed by atoms with Crippen LogP contribution in [0.25, 0.3) is 11.1 Å². The zero-order valence-corrected chi connectivity index (χ0v) is 19.8. The van der Waals surface area contributed by atoms with Crippen LogP contribution in [0.3, 0.4) is 0 Å². The number of hydrogen-bond donors (Lipinski definition) is 1. The molecule has 0 saturated carbocycles. The van der Waals surface area contributed by atoms with Crippen molar-refractivity contribution in [2.24, 2.45) is 0 Å². The molecule has 1 unspecified atom stereocenters. The predicted octanol–water partition coefficient (Wildman–Crippen LogP) is 4.20. The first kappa shape index (κ1) is 25.2. The Bertz CT molecular complexity index is 1430. The monoisotopic (exact) mass is 527 g/mol. The number of hydrogen-bond acceptors (Lipinski definition) is 4. The third-order valence-corrected chi connectivity index (χ3v) is 6.52. The van der Waals surface area contributed by atoms with E-state index in [9.17, 15) is 31.9 Å². The van der Waals surface area contributed by atoms with Crippen LogP contribution in [0.4, 0.5) is 23.2 Å². The van der Waals surface area contributed by atoms with Crippen LogP contribution in [0.5, 0.6) is 5.75 Å². The van der Waals surface area contributed by atoms with E-state index in [0.717, 1.165) is 12.1 Å². The third kappa shape index (κ3) is 4.91. The van der Waals surface area contributed by atoms with Crippen molar-refractivity contribution in [2.75, 3.05) is 31.6 Å². The van der Waals surface area contributed by atoms with Gasteiger partial charge >= 0.3 is 6.18 Å². The Balaban J connectivity index is 1.34. The zero-order chi connectivity index (χ0) is 27.0. The molecule has 3 aromatic carbocycles. The summed E-state index contributed by atoms with van der Waals surface area (Å²) in [5, 5.41) is 2.69.